The van der Waals surface area contributed by atoms with Gasteiger partial charge >= 0.3 is 5.97 Å². The van der Waals surface area contributed by atoms with Crippen molar-refractivity contribution in [2.45, 2.75) is 18.6 Å². The van der Waals surface area contributed by atoms with Crippen molar-refractivity contribution in [3.8, 4) is 0 Å². The summed E-state index contributed by atoms with van der Waals surface area (Å²) >= 11 is 0. The number of hydrogen-bond acceptors (Lipinski definition) is 5. The number of anilines is 1. The Hall–Kier alpha value is -1.61. The lowest BCUT2D eigenvalue weighted by Crippen LogP contribution is -2.29. The zero-order valence-electron chi connectivity index (χ0n) is 11.2. The van der Waals surface area contributed by atoms with Crippen molar-refractivity contribution >= 4 is 31.5 Å². The Kier molecular flexibility index (Phi) is 3.98. The molecule has 9 heteroatoms. The fraction of sp³-hybridized carbons (Fsp3) is 0.417. The second-order valence-electron chi connectivity index (χ2n) is 4.97. The highest BCUT2D eigenvalue weighted by Crippen LogP contribution is 2.26. The summed E-state index contributed by atoms with van der Waals surface area (Å²) in [4.78, 5) is 11.2. The highest BCUT2D eigenvalue weighted by molar-refractivity contribution is 7.97. The third kappa shape index (κ3) is 3.35. The van der Waals surface area contributed by atoms with E-state index in [0.29, 0.717) is 5.56 Å². The predicted octanol–water partition coefficient (Wildman–Crippen LogP) is 0.622. The van der Waals surface area contributed by atoms with Crippen LogP contribution in [0.1, 0.15) is 22.3 Å². The molecule has 0 saturated carbocycles. The first kappa shape index (κ1) is 15.8. The molecule has 0 bridgehead atoms. The average Bonchev–Trinajstić information content (AvgIpc) is 2.72. The van der Waals surface area contributed by atoms with Crippen molar-refractivity contribution in [1.82, 2.24) is 0 Å². The van der Waals surface area contributed by atoms with Gasteiger partial charge < -0.3 is 5.11 Å². The van der Waals surface area contributed by atoms with Crippen molar-refractivity contribution in [3.05, 3.63) is 29.3 Å². The molecule has 0 amide bonds. The van der Waals surface area contributed by atoms with Gasteiger partial charge in [0.05, 0.1) is 28.0 Å². The van der Waals surface area contributed by atoms with Crippen LogP contribution in [0.3, 0.4) is 0 Å². The van der Waals surface area contributed by atoms with Crippen LogP contribution in [0.25, 0.3) is 0 Å². The van der Waals surface area contributed by atoms with Crippen molar-refractivity contribution in [2.24, 2.45) is 0 Å². The van der Waals surface area contributed by atoms with Gasteiger partial charge in [-0.2, -0.15) is 0 Å². The van der Waals surface area contributed by atoms with Gasteiger partial charge in [-0.25, -0.2) is 21.6 Å². The molecule has 1 fully saturated rings. The molecule has 2 rings (SSSR count). The lowest BCUT2D eigenvalue weighted by Gasteiger charge is -2.16. The molecule has 0 radical (unpaired) electrons. The van der Waals surface area contributed by atoms with E-state index >= 15 is 0 Å². The van der Waals surface area contributed by atoms with E-state index in [-0.39, 0.29) is 23.4 Å². The first-order valence-electron chi connectivity index (χ1n) is 6.17. The maximum Gasteiger partial charge on any atom is 0.337 e. The number of aryl methyl sites for hydroxylation is 1. The smallest absolute Gasteiger partial charge is 0.337 e. The molecule has 1 unspecified atom stereocenters. The molecule has 1 aromatic rings. The molecule has 1 aliphatic rings. The molecule has 2 N–H and O–H groups in total. The summed E-state index contributed by atoms with van der Waals surface area (Å²) in [6.45, 7) is 1.58. The quantitative estimate of drug-likeness (QED) is 0.834. The topological polar surface area (TPSA) is 118 Å². The van der Waals surface area contributed by atoms with Crippen LogP contribution >= 0.6 is 0 Å². The SMILES string of the molecule is Cc1cccc(C(=O)O)c1NS(=O)(=O)C1CCS(=O)(=O)C1. The largest absolute Gasteiger partial charge is 0.478 e. The Balaban J connectivity index is 2.36. The van der Waals surface area contributed by atoms with Crippen LogP contribution in [0.5, 0.6) is 0 Å². The number of rotatable bonds is 4. The number of carboxylic acids is 1. The van der Waals surface area contributed by atoms with Gasteiger partial charge in [0.25, 0.3) is 0 Å². The van der Waals surface area contributed by atoms with Gasteiger partial charge in [0.1, 0.15) is 0 Å². The zero-order valence-corrected chi connectivity index (χ0v) is 12.9. The average molecular weight is 333 g/mol. The van der Waals surface area contributed by atoms with Crippen molar-refractivity contribution < 1.29 is 26.7 Å². The number of sulfonamides is 1. The number of carboxylic acid groups (broad SMARTS) is 1. The summed E-state index contributed by atoms with van der Waals surface area (Å²) in [6.07, 6.45) is 0.0198. The van der Waals surface area contributed by atoms with Crippen LogP contribution in [0.4, 0.5) is 5.69 Å². The highest BCUT2D eigenvalue weighted by atomic mass is 32.2. The molecule has 1 saturated heterocycles. The molecular formula is C12H15NO6S2. The maximum atomic E-state index is 12.2. The predicted molar refractivity (Wildman–Crippen MR) is 77.7 cm³/mol. The minimum atomic E-state index is -3.96. The van der Waals surface area contributed by atoms with E-state index in [2.05, 4.69) is 4.72 Å². The molecular weight excluding hydrogens is 318 g/mol. The van der Waals surface area contributed by atoms with Crippen LogP contribution in [0.2, 0.25) is 0 Å². The Morgan fingerprint density at radius 2 is 2.05 bits per heavy atom. The summed E-state index contributed by atoms with van der Waals surface area (Å²) in [5.74, 6) is -1.86. The summed E-state index contributed by atoms with van der Waals surface area (Å²) in [6, 6.07) is 4.38. The molecule has 0 aromatic heterocycles. The minimum absolute atomic E-state index is 0.0192. The lowest BCUT2D eigenvalue weighted by atomic mass is 10.1. The van der Waals surface area contributed by atoms with E-state index in [1.54, 1.807) is 13.0 Å². The molecule has 7 nitrogen and oxygen atoms in total. The molecule has 21 heavy (non-hydrogen) atoms. The van der Waals surface area contributed by atoms with E-state index in [1.807, 2.05) is 0 Å². The Bertz CT molecular complexity index is 782. The molecule has 0 spiro atoms. The van der Waals surface area contributed by atoms with Crippen LogP contribution < -0.4 is 4.72 Å². The molecule has 0 aliphatic carbocycles. The third-order valence-electron chi connectivity index (χ3n) is 3.38. The van der Waals surface area contributed by atoms with Crippen LogP contribution in [0.15, 0.2) is 18.2 Å². The number of sulfone groups is 1. The second kappa shape index (κ2) is 5.30. The normalized spacial score (nSPS) is 21.1. The Labute approximate surface area is 123 Å². The van der Waals surface area contributed by atoms with Crippen molar-refractivity contribution in [2.75, 3.05) is 16.2 Å². The Morgan fingerprint density at radius 1 is 1.38 bits per heavy atom. The van der Waals surface area contributed by atoms with Gasteiger partial charge in [-0.3, -0.25) is 4.72 Å². The third-order valence-corrected chi connectivity index (χ3v) is 7.12. The first-order valence-corrected chi connectivity index (χ1v) is 9.54. The minimum Gasteiger partial charge on any atom is -0.478 e. The summed E-state index contributed by atoms with van der Waals surface area (Å²) in [7, 11) is -7.30. The summed E-state index contributed by atoms with van der Waals surface area (Å²) < 4.78 is 49.5. The van der Waals surface area contributed by atoms with Gasteiger partial charge in [0, 0.05) is 0 Å². The van der Waals surface area contributed by atoms with Gasteiger partial charge in [0.2, 0.25) is 10.0 Å². The monoisotopic (exact) mass is 333 g/mol. The number of hydrogen-bond donors (Lipinski definition) is 2. The van der Waals surface area contributed by atoms with Gasteiger partial charge in [-0.05, 0) is 25.0 Å². The van der Waals surface area contributed by atoms with E-state index in [9.17, 15) is 21.6 Å². The van der Waals surface area contributed by atoms with E-state index in [0.717, 1.165) is 0 Å². The first-order chi connectivity index (χ1) is 9.62. The summed E-state index contributed by atoms with van der Waals surface area (Å²) in [5, 5.41) is 8.05. The fourth-order valence-electron chi connectivity index (χ4n) is 2.21. The number of benzene rings is 1. The number of aromatic carboxylic acids is 1. The molecule has 1 aromatic carbocycles. The van der Waals surface area contributed by atoms with Crippen LogP contribution in [-0.4, -0.2) is 44.7 Å². The fourth-order valence-corrected chi connectivity index (χ4v) is 6.39. The number of para-hydroxylation sites is 1. The summed E-state index contributed by atoms with van der Waals surface area (Å²) in [5.41, 5.74) is 0.271. The van der Waals surface area contributed by atoms with Crippen LogP contribution in [-0.2, 0) is 19.9 Å². The Morgan fingerprint density at radius 3 is 2.57 bits per heavy atom. The molecule has 1 heterocycles. The zero-order chi connectivity index (χ0) is 15.8. The van der Waals surface area contributed by atoms with Crippen molar-refractivity contribution in [3.63, 3.8) is 0 Å². The molecule has 1 aliphatic heterocycles. The highest BCUT2D eigenvalue weighted by Gasteiger charge is 2.37. The van der Waals surface area contributed by atoms with E-state index in [1.165, 1.54) is 12.1 Å². The molecule has 1 atom stereocenters. The van der Waals surface area contributed by atoms with Crippen LogP contribution in [0, 0.1) is 6.92 Å². The maximum absolute atomic E-state index is 12.2. The second-order valence-corrected chi connectivity index (χ2v) is 9.16. The molecule has 116 valence electrons. The van der Waals surface area contributed by atoms with Gasteiger partial charge in [-0.15, -0.1) is 0 Å². The van der Waals surface area contributed by atoms with Crippen molar-refractivity contribution in [1.29, 1.82) is 0 Å². The lowest BCUT2D eigenvalue weighted by molar-refractivity contribution is 0.0698. The van der Waals surface area contributed by atoms with Gasteiger partial charge in [-0.1, -0.05) is 12.1 Å². The number of carbonyl (C=O) groups is 1. The van der Waals surface area contributed by atoms with Gasteiger partial charge in [0.15, 0.2) is 9.84 Å². The van der Waals surface area contributed by atoms with E-state index in [4.69, 9.17) is 5.11 Å². The van der Waals surface area contributed by atoms with E-state index < -0.39 is 36.8 Å². The standard InChI is InChI=1S/C12H15NO6S2/c1-8-3-2-4-10(12(14)15)11(8)13-21(18,19)9-5-6-20(16,17)7-9/h2-4,9,13H,5-7H2,1H3,(H,14,15). The number of nitrogens with one attached hydrogen (secondary N) is 1.